The molecule has 2 rings (SSSR count). The second kappa shape index (κ2) is 9.25. The first-order chi connectivity index (χ1) is 11.6. The molecule has 0 fully saturated rings. The SMILES string of the molecule is O=C(O)c1ccc(N=Nc2ccc(N(CCCl)CCCl)cc2)cc1. The van der Waals surface area contributed by atoms with E-state index >= 15 is 0 Å². The first-order valence-electron chi connectivity index (χ1n) is 7.36. The quantitative estimate of drug-likeness (QED) is 0.523. The van der Waals surface area contributed by atoms with Crippen molar-refractivity contribution >= 4 is 46.2 Å². The molecule has 2 aromatic rings. The summed E-state index contributed by atoms with van der Waals surface area (Å²) in [6.45, 7) is 1.45. The van der Waals surface area contributed by atoms with Gasteiger partial charge in [0.15, 0.2) is 0 Å². The minimum Gasteiger partial charge on any atom is -0.478 e. The molecule has 0 unspecified atom stereocenters. The van der Waals surface area contributed by atoms with Crippen LogP contribution in [0.1, 0.15) is 10.4 Å². The molecule has 0 aromatic heterocycles. The van der Waals surface area contributed by atoms with Crippen LogP contribution in [0.3, 0.4) is 0 Å². The Hall–Kier alpha value is -2.11. The first-order valence-corrected chi connectivity index (χ1v) is 8.43. The van der Waals surface area contributed by atoms with Gasteiger partial charge in [0, 0.05) is 30.5 Å². The molecule has 24 heavy (non-hydrogen) atoms. The Morgan fingerprint density at radius 2 is 1.33 bits per heavy atom. The normalized spacial score (nSPS) is 10.9. The van der Waals surface area contributed by atoms with E-state index in [9.17, 15) is 4.79 Å². The summed E-state index contributed by atoms with van der Waals surface area (Å²) in [5, 5.41) is 17.1. The van der Waals surface area contributed by atoms with Crippen molar-refractivity contribution in [2.45, 2.75) is 0 Å². The molecule has 0 aliphatic heterocycles. The van der Waals surface area contributed by atoms with Gasteiger partial charge in [0.2, 0.25) is 0 Å². The summed E-state index contributed by atoms with van der Waals surface area (Å²) in [4.78, 5) is 12.9. The lowest BCUT2D eigenvalue weighted by atomic mass is 10.2. The molecular weight excluding hydrogens is 349 g/mol. The molecule has 0 atom stereocenters. The molecule has 0 bridgehead atoms. The van der Waals surface area contributed by atoms with E-state index in [1.165, 1.54) is 12.1 Å². The summed E-state index contributed by atoms with van der Waals surface area (Å²) in [5.41, 5.74) is 2.55. The van der Waals surface area contributed by atoms with Gasteiger partial charge in [-0.2, -0.15) is 10.2 Å². The van der Waals surface area contributed by atoms with Gasteiger partial charge >= 0.3 is 5.97 Å². The van der Waals surface area contributed by atoms with Crippen LogP contribution < -0.4 is 4.90 Å². The van der Waals surface area contributed by atoms with Crippen LogP contribution in [-0.4, -0.2) is 35.9 Å². The number of anilines is 1. The van der Waals surface area contributed by atoms with Gasteiger partial charge in [-0.15, -0.1) is 23.2 Å². The summed E-state index contributed by atoms with van der Waals surface area (Å²) in [7, 11) is 0. The number of hydrogen-bond acceptors (Lipinski definition) is 4. The zero-order chi connectivity index (χ0) is 17.4. The van der Waals surface area contributed by atoms with Crippen molar-refractivity contribution in [2.75, 3.05) is 29.7 Å². The number of carboxylic acid groups (broad SMARTS) is 1. The van der Waals surface area contributed by atoms with E-state index in [-0.39, 0.29) is 5.56 Å². The van der Waals surface area contributed by atoms with Crippen molar-refractivity contribution in [2.24, 2.45) is 10.2 Å². The molecule has 0 amide bonds. The van der Waals surface area contributed by atoms with Crippen LogP contribution in [0.5, 0.6) is 0 Å². The Morgan fingerprint density at radius 3 is 1.75 bits per heavy atom. The average Bonchev–Trinajstić information content (AvgIpc) is 2.60. The van der Waals surface area contributed by atoms with Gasteiger partial charge in [-0.1, -0.05) is 0 Å². The van der Waals surface area contributed by atoms with Crippen LogP contribution in [0, 0.1) is 0 Å². The lowest BCUT2D eigenvalue weighted by molar-refractivity contribution is 0.0697. The van der Waals surface area contributed by atoms with Crippen LogP contribution in [0.2, 0.25) is 0 Å². The predicted octanol–water partition coefficient (Wildman–Crippen LogP) is 5.08. The minimum atomic E-state index is -0.965. The van der Waals surface area contributed by atoms with E-state index in [1.807, 2.05) is 24.3 Å². The Labute approximate surface area is 150 Å². The average molecular weight is 366 g/mol. The molecule has 0 heterocycles. The smallest absolute Gasteiger partial charge is 0.335 e. The standard InChI is InChI=1S/C17H17Cl2N3O2/c18-9-11-22(12-10-19)16-7-5-15(6-8-16)21-20-14-3-1-13(2-4-14)17(23)24/h1-8H,9-12H2,(H,23,24). The lowest BCUT2D eigenvalue weighted by Crippen LogP contribution is -2.27. The number of aromatic carboxylic acids is 1. The lowest BCUT2D eigenvalue weighted by Gasteiger charge is -2.22. The highest BCUT2D eigenvalue weighted by molar-refractivity contribution is 6.18. The van der Waals surface area contributed by atoms with E-state index in [1.54, 1.807) is 12.1 Å². The van der Waals surface area contributed by atoms with Gasteiger partial charge in [-0.3, -0.25) is 0 Å². The third-order valence-electron chi connectivity index (χ3n) is 3.32. The first kappa shape index (κ1) is 18.2. The number of benzene rings is 2. The number of hydrogen-bond donors (Lipinski definition) is 1. The maximum absolute atomic E-state index is 10.8. The number of carboxylic acids is 1. The number of rotatable bonds is 8. The second-order valence-electron chi connectivity index (χ2n) is 4.93. The van der Waals surface area contributed by atoms with E-state index in [4.69, 9.17) is 28.3 Å². The van der Waals surface area contributed by atoms with Crippen molar-refractivity contribution < 1.29 is 9.90 Å². The van der Waals surface area contributed by atoms with E-state index in [2.05, 4.69) is 15.1 Å². The Balaban J connectivity index is 2.06. The van der Waals surface area contributed by atoms with Crippen molar-refractivity contribution in [3.05, 3.63) is 54.1 Å². The predicted molar refractivity (Wildman–Crippen MR) is 97.7 cm³/mol. The van der Waals surface area contributed by atoms with Crippen LogP contribution in [0.4, 0.5) is 17.1 Å². The zero-order valence-corrected chi connectivity index (χ0v) is 14.4. The Morgan fingerprint density at radius 1 is 0.875 bits per heavy atom. The molecule has 5 nitrogen and oxygen atoms in total. The number of carbonyl (C=O) groups is 1. The molecule has 0 aliphatic rings. The van der Waals surface area contributed by atoms with Crippen molar-refractivity contribution in [3.63, 3.8) is 0 Å². The summed E-state index contributed by atoms with van der Waals surface area (Å²) in [6.07, 6.45) is 0. The number of azo groups is 1. The molecule has 126 valence electrons. The molecule has 0 radical (unpaired) electrons. The molecule has 0 saturated carbocycles. The number of nitrogens with zero attached hydrogens (tertiary/aromatic N) is 3. The minimum absolute atomic E-state index is 0.219. The second-order valence-corrected chi connectivity index (χ2v) is 5.69. The van der Waals surface area contributed by atoms with Gasteiger partial charge in [0.05, 0.1) is 16.9 Å². The molecule has 2 aromatic carbocycles. The monoisotopic (exact) mass is 365 g/mol. The molecule has 7 heteroatoms. The zero-order valence-electron chi connectivity index (χ0n) is 12.9. The maximum atomic E-state index is 10.8. The molecule has 0 saturated heterocycles. The van der Waals surface area contributed by atoms with Crippen molar-refractivity contribution in [1.82, 2.24) is 0 Å². The summed E-state index contributed by atoms with van der Waals surface area (Å²) in [5.74, 6) is 0.0996. The molecule has 0 spiro atoms. The maximum Gasteiger partial charge on any atom is 0.335 e. The summed E-state index contributed by atoms with van der Waals surface area (Å²) >= 11 is 11.6. The third kappa shape index (κ3) is 5.22. The number of halogens is 2. The van der Waals surface area contributed by atoms with E-state index in [0.717, 1.165) is 18.8 Å². The number of alkyl halides is 2. The Kier molecular flexibility index (Phi) is 7.03. The summed E-state index contributed by atoms with van der Waals surface area (Å²) < 4.78 is 0. The van der Waals surface area contributed by atoms with Crippen molar-refractivity contribution in [1.29, 1.82) is 0 Å². The van der Waals surface area contributed by atoms with Gasteiger partial charge in [0.25, 0.3) is 0 Å². The van der Waals surface area contributed by atoms with E-state index in [0.29, 0.717) is 23.1 Å². The van der Waals surface area contributed by atoms with Gasteiger partial charge in [0.1, 0.15) is 0 Å². The fourth-order valence-electron chi connectivity index (χ4n) is 2.09. The Bertz CT molecular complexity index is 682. The third-order valence-corrected chi connectivity index (χ3v) is 3.66. The highest BCUT2D eigenvalue weighted by atomic mass is 35.5. The fourth-order valence-corrected chi connectivity index (χ4v) is 2.50. The van der Waals surface area contributed by atoms with Gasteiger partial charge < -0.3 is 10.0 Å². The van der Waals surface area contributed by atoms with Gasteiger partial charge in [-0.05, 0) is 48.5 Å². The van der Waals surface area contributed by atoms with Crippen LogP contribution in [-0.2, 0) is 0 Å². The van der Waals surface area contributed by atoms with E-state index < -0.39 is 5.97 Å². The topological polar surface area (TPSA) is 65.3 Å². The highest BCUT2D eigenvalue weighted by Gasteiger charge is 2.05. The molecule has 1 N–H and O–H groups in total. The molecule has 0 aliphatic carbocycles. The van der Waals surface area contributed by atoms with Crippen molar-refractivity contribution in [3.8, 4) is 0 Å². The highest BCUT2D eigenvalue weighted by Crippen LogP contribution is 2.22. The summed E-state index contributed by atoms with van der Waals surface area (Å²) in [6, 6.07) is 13.8. The van der Waals surface area contributed by atoms with Crippen LogP contribution in [0.15, 0.2) is 58.8 Å². The fraction of sp³-hybridized carbons (Fsp3) is 0.235. The molecular formula is C17H17Cl2N3O2. The van der Waals surface area contributed by atoms with Gasteiger partial charge in [-0.25, -0.2) is 4.79 Å². The largest absolute Gasteiger partial charge is 0.478 e. The van der Waals surface area contributed by atoms with Crippen LogP contribution in [0.25, 0.3) is 0 Å². The van der Waals surface area contributed by atoms with Crippen LogP contribution >= 0.6 is 23.2 Å².